The maximum Gasteiger partial charge on any atom is 0.315 e. The summed E-state index contributed by atoms with van der Waals surface area (Å²) < 4.78 is 4.84. The minimum absolute atomic E-state index is 0.150. The van der Waals surface area contributed by atoms with Gasteiger partial charge in [-0.2, -0.15) is 0 Å². The molecule has 1 rings (SSSR count). The first kappa shape index (κ1) is 14.0. The van der Waals surface area contributed by atoms with Crippen LogP contribution in [0.1, 0.15) is 11.8 Å². The van der Waals surface area contributed by atoms with Crippen LogP contribution in [0.2, 0.25) is 0 Å². The normalized spacial score (nSPS) is 14.1. The Kier molecular flexibility index (Phi) is 5.40. The fraction of sp³-hybridized carbons (Fsp3) is 0.545. The zero-order valence-electron chi connectivity index (χ0n) is 10.0. The molecule has 0 aliphatic heterocycles. The maximum absolute atomic E-state index is 11.4. The number of methoxy groups -OCH3 is 1. The summed E-state index contributed by atoms with van der Waals surface area (Å²) in [6.07, 6.45) is 0. The number of ether oxygens (including phenoxy) is 1. The quantitative estimate of drug-likeness (QED) is 0.711. The highest BCUT2D eigenvalue weighted by molar-refractivity contribution is 7.09. The van der Waals surface area contributed by atoms with Crippen molar-refractivity contribution in [1.29, 1.82) is 0 Å². The van der Waals surface area contributed by atoms with E-state index in [1.807, 2.05) is 17.5 Å². The molecule has 1 heterocycles. The van der Waals surface area contributed by atoms with Gasteiger partial charge in [0, 0.05) is 12.0 Å². The van der Waals surface area contributed by atoms with E-state index in [1.54, 1.807) is 18.3 Å². The summed E-state index contributed by atoms with van der Waals surface area (Å²) in [5, 5.41) is 17.0. The number of aliphatic hydroxyl groups is 1. The number of carbonyl (C=O) groups excluding carboxylic acids is 1. The summed E-state index contributed by atoms with van der Waals surface area (Å²) in [5.41, 5.74) is -1.05. The smallest absolute Gasteiger partial charge is 0.315 e. The first-order valence-electron chi connectivity index (χ1n) is 5.29. The Labute approximate surface area is 105 Å². The van der Waals surface area contributed by atoms with Gasteiger partial charge in [-0.1, -0.05) is 6.07 Å². The summed E-state index contributed by atoms with van der Waals surface area (Å²) in [5.74, 6) is 0. The zero-order chi connectivity index (χ0) is 12.7. The molecule has 0 bridgehead atoms. The van der Waals surface area contributed by atoms with Gasteiger partial charge in [-0.3, -0.25) is 0 Å². The summed E-state index contributed by atoms with van der Waals surface area (Å²) in [6, 6.07) is 3.59. The number of amides is 2. The van der Waals surface area contributed by atoms with E-state index in [9.17, 15) is 9.90 Å². The molecule has 0 spiro atoms. The second-order valence-electron chi connectivity index (χ2n) is 4.05. The highest BCUT2D eigenvalue weighted by Crippen LogP contribution is 2.07. The molecule has 1 unspecified atom stereocenters. The Bertz CT molecular complexity index is 338. The van der Waals surface area contributed by atoms with Crippen molar-refractivity contribution in [3.8, 4) is 0 Å². The van der Waals surface area contributed by atoms with E-state index in [2.05, 4.69) is 10.6 Å². The Morgan fingerprint density at radius 1 is 1.59 bits per heavy atom. The molecule has 0 aromatic carbocycles. The number of hydrogen-bond donors (Lipinski definition) is 3. The second-order valence-corrected chi connectivity index (χ2v) is 5.08. The molecule has 1 aromatic heterocycles. The van der Waals surface area contributed by atoms with Gasteiger partial charge in [0.2, 0.25) is 0 Å². The summed E-state index contributed by atoms with van der Waals surface area (Å²) in [6.45, 7) is 2.43. The van der Waals surface area contributed by atoms with E-state index < -0.39 is 5.60 Å². The highest BCUT2D eigenvalue weighted by atomic mass is 32.1. The summed E-state index contributed by atoms with van der Waals surface area (Å²) in [7, 11) is 1.51. The topological polar surface area (TPSA) is 70.6 Å². The van der Waals surface area contributed by atoms with Crippen LogP contribution < -0.4 is 10.6 Å². The number of nitrogens with one attached hydrogen (secondary N) is 2. The average molecular weight is 258 g/mol. The third-order valence-electron chi connectivity index (χ3n) is 2.09. The van der Waals surface area contributed by atoms with Crippen molar-refractivity contribution in [1.82, 2.24) is 10.6 Å². The lowest BCUT2D eigenvalue weighted by Crippen LogP contribution is -2.46. The molecule has 1 aromatic rings. The van der Waals surface area contributed by atoms with Crippen LogP contribution in [-0.4, -0.2) is 37.0 Å². The lowest BCUT2D eigenvalue weighted by atomic mass is 10.1. The zero-order valence-corrected chi connectivity index (χ0v) is 10.8. The SMILES string of the molecule is COCC(C)(O)CNC(=O)NCc1cccs1. The first-order chi connectivity index (χ1) is 8.03. The summed E-state index contributed by atoms with van der Waals surface area (Å²) >= 11 is 1.58. The van der Waals surface area contributed by atoms with E-state index in [-0.39, 0.29) is 19.2 Å². The predicted molar refractivity (Wildman–Crippen MR) is 67.1 cm³/mol. The van der Waals surface area contributed by atoms with Crippen molar-refractivity contribution in [2.45, 2.75) is 19.1 Å². The molecule has 0 aliphatic carbocycles. The van der Waals surface area contributed by atoms with Crippen LogP contribution in [0.5, 0.6) is 0 Å². The first-order valence-corrected chi connectivity index (χ1v) is 6.17. The molecule has 1 atom stereocenters. The third-order valence-corrected chi connectivity index (χ3v) is 2.96. The van der Waals surface area contributed by atoms with Crippen LogP contribution in [0.25, 0.3) is 0 Å². The van der Waals surface area contributed by atoms with Crippen molar-refractivity contribution in [3.05, 3.63) is 22.4 Å². The lowest BCUT2D eigenvalue weighted by Gasteiger charge is -2.22. The fourth-order valence-corrected chi connectivity index (χ4v) is 1.92. The minimum Gasteiger partial charge on any atom is -0.386 e. The molecule has 5 nitrogen and oxygen atoms in total. The third kappa shape index (κ3) is 5.67. The highest BCUT2D eigenvalue weighted by Gasteiger charge is 2.20. The van der Waals surface area contributed by atoms with Gasteiger partial charge >= 0.3 is 6.03 Å². The lowest BCUT2D eigenvalue weighted by molar-refractivity contribution is -0.0136. The molecule has 0 radical (unpaired) electrons. The van der Waals surface area contributed by atoms with Gasteiger partial charge < -0.3 is 20.5 Å². The van der Waals surface area contributed by atoms with E-state index in [0.29, 0.717) is 6.54 Å². The molecule has 17 heavy (non-hydrogen) atoms. The Morgan fingerprint density at radius 2 is 2.35 bits per heavy atom. The molecule has 0 fully saturated rings. The Balaban J connectivity index is 2.21. The molecule has 0 saturated carbocycles. The molecular weight excluding hydrogens is 240 g/mol. The van der Waals surface area contributed by atoms with Crippen molar-refractivity contribution >= 4 is 17.4 Å². The molecule has 6 heteroatoms. The molecule has 0 aliphatic rings. The number of urea groups is 1. The van der Waals surface area contributed by atoms with Crippen LogP contribution in [0.15, 0.2) is 17.5 Å². The van der Waals surface area contributed by atoms with Gasteiger partial charge in [0.25, 0.3) is 0 Å². The molecule has 3 N–H and O–H groups in total. The predicted octanol–water partition coefficient (Wildman–Crippen LogP) is 0.945. The van der Waals surface area contributed by atoms with Gasteiger partial charge in [0.15, 0.2) is 0 Å². The van der Waals surface area contributed by atoms with Crippen LogP contribution in [0, 0.1) is 0 Å². The summed E-state index contributed by atoms with van der Waals surface area (Å²) in [4.78, 5) is 12.5. The fourth-order valence-electron chi connectivity index (χ4n) is 1.28. The molecule has 0 saturated heterocycles. The van der Waals surface area contributed by atoms with Crippen LogP contribution in [-0.2, 0) is 11.3 Å². The van der Waals surface area contributed by atoms with E-state index >= 15 is 0 Å². The van der Waals surface area contributed by atoms with Crippen molar-refractivity contribution < 1.29 is 14.6 Å². The van der Waals surface area contributed by atoms with Gasteiger partial charge in [0.1, 0.15) is 5.60 Å². The Morgan fingerprint density at radius 3 is 2.94 bits per heavy atom. The van der Waals surface area contributed by atoms with Gasteiger partial charge in [-0.25, -0.2) is 4.79 Å². The number of thiophene rings is 1. The van der Waals surface area contributed by atoms with Crippen LogP contribution in [0.4, 0.5) is 4.79 Å². The van der Waals surface area contributed by atoms with Crippen molar-refractivity contribution in [3.63, 3.8) is 0 Å². The number of rotatable bonds is 6. The number of carbonyl (C=O) groups is 1. The van der Waals surface area contributed by atoms with Crippen molar-refractivity contribution in [2.75, 3.05) is 20.3 Å². The van der Waals surface area contributed by atoms with Crippen molar-refractivity contribution in [2.24, 2.45) is 0 Å². The largest absolute Gasteiger partial charge is 0.386 e. The van der Waals surface area contributed by atoms with Gasteiger partial charge in [-0.15, -0.1) is 11.3 Å². The van der Waals surface area contributed by atoms with E-state index in [4.69, 9.17) is 4.74 Å². The second kappa shape index (κ2) is 6.58. The Hall–Kier alpha value is -1.11. The van der Waals surface area contributed by atoms with Gasteiger partial charge in [0.05, 0.1) is 19.7 Å². The maximum atomic E-state index is 11.4. The van der Waals surface area contributed by atoms with Gasteiger partial charge in [-0.05, 0) is 18.4 Å². The van der Waals surface area contributed by atoms with E-state index in [0.717, 1.165) is 4.88 Å². The van der Waals surface area contributed by atoms with Crippen LogP contribution >= 0.6 is 11.3 Å². The number of hydrogen-bond acceptors (Lipinski definition) is 4. The monoisotopic (exact) mass is 258 g/mol. The average Bonchev–Trinajstić information content (AvgIpc) is 2.76. The van der Waals surface area contributed by atoms with E-state index in [1.165, 1.54) is 7.11 Å². The molecule has 2 amide bonds. The molecule has 96 valence electrons. The standard InChI is InChI=1S/C11H18N2O3S/c1-11(15,8-16-2)7-13-10(14)12-6-9-4-3-5-17-9/h3-5,15H,6-8H2,1-2H3,(H2,12,13,14). The van der Waals surface area contributed by atoms with Crippen LogP contribution in [0.3, 0.4) is 0 Å². The minimum atomic E-state index is -1.05. The molecular formula is C11H18N2O3S.